The van der Waals surface area contributed by atoms with Crippen LogP contribution in [0.15, 0.2) is 18.2 Å². The normalized spacial score (nSPS) is 16.8. The van der Waals surface area contributed by atoms with Gasteiger partial charge in [-0.3, -0.25) is 0 Å². The Morgan fingerprint density at radius 1 is 1.28 bits per heavy atom. The van der Waals surface area contributed by atoms with E-state index in [9.17, 15) is 0 Å². The van der Waals surface area contributed by atoms with Crippen LogP contribution in [0, 0.1) is 11.3 Å². The third-order valence-electron chi connectivity index (χ3n) is 3.84. The maximum atomic E-state index is 8.73. The van der Waals surface area contributed by atoms with Crippen molar-refractivity contribution in [3.63, 3.8) is 0 Å². The minimum atomic E-state index is 0.466. The number of hydrogen-bond donors (Lipinski definition) is 1. The molecule has 1 aromatic carbocycles. The van der Waals surface area contributed by atoms with Gasteiger partial charge in [0.15, 0.2) is 0 Å². The number of rotatable bonds is 2. The molecule has 0 amide bonds. The van der Waals surface area contributed by atoms with E-state index in [0.717, 1.165) is 22.4 Å². The topological polar surface area (TPSA) is 52.5 Å². The van der Waals surface area contributed by atoms with Gasteiger partial charge in [-0.25, -0.2) is 4.98 Å². The summed E-state index contributed by atoms with van der Waals surface area (Å²) in [5.41, 5.74) is 3.16. The number of nitrogens with zero attached hydrogens (tertiary/aromatic N) is 2. The Morgan fingerprint density at radius 3 is 2.89 bits per heavy atom. The molecule has 0 radical (unpaired) electrons. The SMILES string of the molecule is N#CCc1ccc2nc(C3CCCCC3)[nH]c2c1. The van der Waals surface area contributed by atoms with Crippen LogP contribution in [0.3, 0.4) is 0 Å². The van der Waals surface area contributed by atoms with Gasteiger partial charge in [-0.2, -0.15) is 5.26 Å². The van der Waals surface area contributed by atoms with Crippen molar-refractivity contribution in [3.05, 3.63) is 29.6 Å². The van der Waals surface area contributed by atoms with Crippen LogP contribution in [0.25, 0.3) is 11.0 Å². The van der Waals surface area contributed by atoms with Gasteiger partial charge in [0.1, 0.15) is 5.82 Å². The summed E-state index contributed by atoms with van der Waals surface area (Å²) in [6.07, 6.45) is 6.98. The van der Waals surface area contributed by atoms with Gasteiger partial charge in [-0.05, 0) is 30.5 Å². The van der Waals surface area contributed by atoms with Crippen molar-refractivity contribution >= 4 is 11.0 Å². The maximum absolute atomic E-state index is 8.73. The minimum absolute atomic E-state index is 0.466. The summed E-state index contributed by atoms with van der Waals surface area (Å²) in [7, 11) is 0. The van der Waals surface area contributed by atoms with Crippen LogP contribution in [0.4, 0.5) is 0 Å². The number of aromatic amines is 1. The van der Waals surface area contributed by atoms with E-state index in [2.05, 4.69) is 17.1 Å². The van der Waals surface area contributed by atoms with Crippen molar-refractivity contribution in [1.29, 1.82) is 5.26 Å². The second-order valence-corrected chi connectivity index (χ2v) is 5.14. The van der Waals surface area contributed by atoms with Crippen molar-refractivity contribution < 1.29 is 0 Å². The number of nitrogens with one attached hydrogen (secondary N) is 1. The first-order valence-electron chi connectivity index (χ1n) is 6.72. The molecule has 0 saturated heterocycles. The first kappa shape index (κ1) is 11.3. The van der Waals surface area contributed by atoms with E-state index >= 15 is 0 Å². The minimum Gasteiger partial charge on any atom is -0.342 e. The highest BCUT2D eigenvalue weighted by Crippen LogP contribution is 2.32. The van der Waals surface area contributed by atoms with Crippen LogP contribution in [0.5, 0.6) is 0 Å². The molecule has 0 atom stereocenters. The summed E-state index contributed by atoms with van der Waals surface area (Å²) < 4.78 is 0. The van der Waals surface area contributed by atoms with Crippen molar-refractivity contribution in [2.24, 2.45) is 0 Å². The number of H-pyrrole nitrogens is 1. The van der Waals surface area contributed by atoms with E-state index in [-0.39, 0.29) is 0 Å². The molecule has 3 heteroatoms. The van der Waals surface area contributed by atoms with Gasteiger partial charge in [-0.1, -0.05) is 25.3 Å². The quantitative estimate of drug-likeness (QED) is 0.869. The molecule has 3 rings (SSSR count). The highest BCUT2D eigenvalue weighted by Gasteiger charge is 2.18. The first-order chi connectivity index (χ1) is 8.86. The number of fused-ring (bicyclic) bond motifs is 1. The van der Waals surface area contributed by atoms with Crippen molar-refractivity contribution in [3.8, 4) is 6.07 Å². The maximum Gasteiger partial charge on any atom is 0.110 e. The molecule has 0 bridgehead atoms. The molecule has 0 aliphatic heterocycles. The zero-order valence-corrected chi connectivity index (χ0v) is 10.4. The molecular weight excluding hydrogens is 222 g/mol. The van der Waals surface area contributed by atoms with E-state index in [0.29, 0.717) is 12.3 Å². The van der Waals surface area contributed by atoms with E-state index in [4.69, 9.17) is 10.2 Å². The second-order valence-electron chi connectivity index (χ2n) is 5.14. The van der Waals surface area contributed by atoms with Crippen LogP contribution < -0.4 is 0 Å². The molecule has 2 aromatic rings. The summed E-state index contributed by atoms with van der Waals surface area (Å²) in [5.74, 6) is 1.74. The standard InChI is InChI=1S/C15H17N3/c16-9-8-11-6-7-13-14(10-11)18-15(17-13)12-4-2-1-3-5-12/h6-7,10,12H,1-5,8H2,(H,17,18). The van der Waals surface area contributed by atoms with Gasteiger partial charge in [0.25, 0.3) is 0 Å². The molecule has 0 spiro atoms. The number of aromatic nitrogens is 2. The van der Waals surface area contributed by atoms with E-state index in [1.165, 1.54) is 32.1 Å². The molecule has 0 unspecified atom stereocenters. The average Bonchev–Trinajstić information content (AvgIpc) is 2.83. The van der Waals surface area contributed by atoms with E-state index in [1.807, 2.05) is 12.1 Å². The van der Waals surface area contributed by atoms with Crippen LogP contribution in [-0.4, -0.2) is 9.97 Å². The average molecular weight is 239 g/mol. The van der Waals surface area contributed by atoms with E-state index < -0.39 is 0 Å². The van der Waals surface area contributed by atoms with Crippen LogP contribution in [0.2, 0.25) is 0 Å². The number of benzene rings is 1. The first-order valence-corrected chi connectivity index (χ1v) is 6.72. The van der Waals surface area contributed by atoms with Crippen molar-refractivity contribution in [2.75, 3.05) is 0 Å². The lowest BCUT2D eigenvalue weighted by atomic mass is 9.89. The van der Waals surface area contributed by atoms with Crippen molar-refractivity contribution in [1.82, 2.24) is 9.97 Å². The lowest BCUT2D eigenvalue weighted by molar-refractivity contribution is 0.431. The summed E-state index contributed by atoms with van der Waals surface area (Å²) in [6, 6.07) is 8.25. The monoisotopic (exact) mass is 239 g/mol. The van der Waals surface area contributed by atoms with Gasteiger partial charge in [0.05, 0.1) is 23.5 Å². The fraction of sp³-hybridized carbons (Fsp3) is 0.467. The Morgan fingerprint density at radius 2 is 2.11 bits per heavy atom. The summed E-state index contributed by atoms with van der Waals surface area (Å²) in [5, 5.41) is 8.73. The molecule has 1 aliphatic rings. The highest BCUT2D eigenvalue weighted by molar-refractivity contribution is 5.76. The summed E-state index contributed by atoms with van der Waals surface area (Å²) in [6.45, 7) is 0. The molecule has 3 nitrogen and oxygen atoms in total. The second kappa shape index (κ2) is 4.81. The van der Waals surface area contributed by atoms with Crippen LogP contribution in [-0.2, 0) is 6.42 Å². The summed E-state index contributed by atoms with van der Waals surface area (Å²) in [4.78, 5) is 8.14. The fourth-order valence-corrected chi connectivity index (χ4v) is 2.85. The van der Waals surface area contributed by atoms with Crippen molar-refractivity contribution in [2.45, 2.75) is 44.4 Å². The molecule has 18 heavy (non-hydrogen) atoms. The zero-order chi connectivity index (χ0) is 12.4. The molecule has 1 heterocycles. The van der Waals surface area contributed by atoms with Gasteiger partial charge < -0.3 is 4.98 Å². The zero-order valence-electron chi connectivity index (χ0n) is 10.4. The van der Waals surface area contributed by atoms with Gasteiger partial charge >= 0.3 is 0 Å². The highest BCUT2D eigenvalue weighted by atomic mass is 14.9. The molecule has 1 fully saturated rings. The van der Waals surface area contributed by atoms with Crippen LogP contribution >= 0.6 is 0 Å². The molecule has 1 aliphatic carbocycles. The largest absolute Gasteiger partial charge is 0.342 e. The smallest absolute Gasteiger partial charge is 0.110 e. The Bertz CT molecular complexity index is 585. The number of imidazole rings is 1. The third-order valence-corrected chi connectivity index (χ3v) is 3.84. The van der Waals surface area contributed by atoms with Gasteiger partial charge in [-0.15, -0.1) is 0 Å². The molecule has 92 valence electrons. The summed E-state index contributed by atoms with van der Waals surface area (Å²) >= 11 is 0. The third kappa shape index (κ3) is 2.11. The number of hydrogen-bond acceptors (Lipinski definition) is 2. The van der Waals surface area contributed by atoms with Crippen LogP contribution in [0.1, 0.15) is 49.4 Å². The Kier molecular flexibility index (Phi) is 3.02. The predicted molar refractivity (Wildman–Crippen MR) is 71.2 cm³/mol. The van der Waals surface area contributed by atoms with Gasteiger partial charge in [0, 0.05) is 5.92 Å². The molecule has 1 saturated carbocycles. The van der Waals surface area contributed by atoms with Gasteiger partial charge in [0.2, 0.25) is 0 Å². The van der Waals surface area contributed by atoms with E-state index in [1.54, 1.807) is 0 Å². The lowest BCUT2D eigenvalue weighted by Gasteiger charge is -2.18. The molecular formula is C15H17N3. The number of nitriles is 1. The predicted octanol–water partition coefficient (Wildman–Crippen LogP) is 3.68. The Hall–Kier alpha value is -1.82. The fourth-order valence-electron chi connectivity index (χ4n) is 2.85. The molecule has 1 aromatic heterocycles. The lowest BCUT2D eigenvalue weighted by Crippen LogP contribution is -2.05. The Labute approximate surface area is 107 Å². The Balaban J connectivity index is 1.92. The molecule has 1 N–H and O–H groups in total.